The van der Waals surface area contributed by atoms with Gasteiger partial charge in [0.1, 0.15) is 22.7 Å². The number of phenolic OH excluding ortho intramolecular Hbond substituents is 1. The molecule has 6 nitrogen and oxygen atoms in total. The number of ether oxygens (including phenoxy) is 2. The fourth-order valence-electron chi connectivity index (χ4n) is 2.20. The van der Waals surface area contributed by atoms with Crippen LogP contribution >= 0.6 is 0 Å². The summed E-state index contributed by atoms with van der Waals surface area (Å²) in [4.78, 5) is 25.0. The molecule has 25 heavy (non-hydrogen) atoms. The molecule has 0 bridgehead atoms. The Bertz CT molecular complexity index is 793. The predicted octanol–water partition coefficient (Wildman–Crippen LogP) is 3.61. The molecule has 0 fully saturated rings. The lowest BCUT2D eigenvalue weighted by Crippen LogP contribution is -2.25. The van der Waals surface area contributed by atoms with Crippen LogP contribution in [0.3, 0.4) is 0 Å². The number of amides is 1. The van der Waals surface area contributed by atoms with Gasteiger partial charge in [-0.05, 0) is 45.0 Å². The SMILES string of the molecule is COc1cccc(NC(=O)c2ccccc2O)c1C(=O)OC(C)(C)C. The first-order valence-electron chi connectivity index (χ1n) is 7.72. The second-order valence-corrected chi connectivity index (χ2v) is 6.36. The number of benzene rings is 2. The largest absolute Gasteiger partial charge is 0.507 e. The average molecular weight is 343 g/mol. The van der Waals surface area contributed by atoms with Crippen molar-refractivity contribution in [3.05, 3.63) is 53.6 Å². The summed E-state index contributed by atoms with van der Waals surface area (Å²) in [5.41, 5.74) is -0.247. The van der Waals surface area contributed by atoms with Gasteiger partial charge in [0.2, 0.25) is 0 Å². The minimum atomic E-state index is -0.698. The molecule has 0 aliphatic carbocycles. The third-order valence-electron chi connectivity index (χ3n) is 3.25. The molecule has 0 aromatic heterocycles. The van der Waals surface area contributed by atoms with E-state index in [-0.39, 0.29) is 28.3 Å². The van der Waals surface area contributed by atoms with Crippen molar-refractivity contribution in [1.82, 2.24) is 0 Å². The topological polar surface area (TPSA) is 84.9 Å². The summed E-state index contributed by atoms with van der Waals surface area (Å²) in [6.45, 7) is 5.25. The highest BCUT2D eigenvalue weighted by molar-refractivity contribution is 6.10. The van der Waals surface area contributed by atoms with Crippen molar-refractivity contribution >= 4 is 17.6 Å². The first-order valence-corrected chi connectivity index (χ1v) is 7.72. The van der Waals surface area contributed by atoms with Crippen molar-refractivity contribution in [3.8, 4) is 11.5 Å². The number of hydrogen-bond acceptors (Lipinski definition) is 5. The van der Waals surface area contributed by atoms with Crippen LogP contribution in [0.5, 0.6) is 11.5 Å². The Kier molecular flexibility index (Phi) is 5.32. The number of carbonyl (C=O) groups excluding carboxylic acids is 2. The molecule has 2 aromatic carbocycles. The van der Waals surface area contributed by atoms with E-state index in [4.69, 9.17) is 9.47 Å². The highest BCUT2D eigenvalue weighted by Gasteiger charge is 2.25. The molecule has 1 amide bonds. The first-order chi connectivity index (χ1) is 11.7. The van der Waals surface area contributed by atoms with Crippen LogP contribution in [-0.4, -0.2) is 29.7 Å². The summed E-state index contributed by atoms with van der Waals surface area (Å²) < 4.78 is 10.6. The number of nitrogens with one attached hydrogen (secondary N) is 1. The zero-order valence-corrected chi connectivity index (χ0v) is 14.6. The molecule has 6 heteroatoms. The number of methoxy groups -OCH3 is 1. The molecule has 0 spiro atoms. The van der Waals surface area contributed by atoms with Crippen molar-refractivity contribution in [2.75, 3.05) is 12.4 Å². The minimum Gasteiger partial charge on any atom is -0.507 e. The van der Waals surface area contributed by atoms with E-state index in [1.54, 1.807) is 51.1 Å². The van der Waals surface area contributed by atoms with Crippen molar-refractivity contribution in [2.45, 2.75) is 26.4 Å². The number of carbonyl (C=O) groups is 2. The highest BCUT2D eigenvalue weighted by Crippen LogP contribution is 2.29. The molecule has 0 heterocycles. The molecule has 2 rings (SSSR count). The summed E-state index contributed by atoms with van der Waals surface area (Å²) in [6, 6.07) is 11.0. The molecule has 0 atom stereocenters. The van der Waals surface area contributed by atoms with E-state index in [1.165, 1.54) is 19.2 Å². The van der Waals surface area contributed by atoms with E-state index in [1.807, 2.05) is 0 Å². The number of aromatic hydroxyl groups is 1. The average Bonchev–Trinajstić information content (AvgIpc) is 2.53. The quantitative estimate of drug-likeness (QED) is 0.829. The number of phenols is 1. The second kappa shape index (κ2) is 7.25. The lowest BCUT2D eigenvalue weighted by molar-refractivity contribution is 0.00678. The third-order valence-corrected chi connectivity index (χ3v) is 3.25. The normalized spacial score (nSPS) is 10.9. The van der Waals surface area contributed by atoms with E-state index in [0.717, 1.165) is 0 Å². The summed E-state index contributed by atoms with van der Waals surface area (Å²) in [6.07, 6.45) is 0. The molecule has 0 saturated carbocycles. The zero-order valence-electron chi connectivity index (χ0n) is 14.6. The Hall–Kier alpha value is -3.02. The van der Waals surface area contributed by atoms with Crippen LogP contribution < -0.4 is 10.1 Å². The molecule has 0 saturated heterocycles. The van der Waals surface area contributed by atoms with Gasteiger partial charge in [-0.2, -0.15) is 0 Å². The molecular weight excluding hydrogens is 322 g/mol. The second-order valence-electron chi connectivity index (χ2n) is 6.36. The van der Waals surface area contributed by atoms with Crippen LogP contribution in [0.2, 0.25) is 0 Å². The van der Waals surface area contributed by atoms with Crippen molar-refractivity contribution in [1.29, 1.82) is 0 Å². The van der Waals surface area contributed by atoms with Gasteiger partial charge in [-0.15, -0.1) is 0 Å². The smallest absolute Gasteiger partial charge is 0.344 e. The van der Waals surface area contributed by atoms with Crippen LogP contribution in [0.1, 0.15) is 41.5 Å². The van der Waals surface area contributed by atoms with Gasteiger partial charge in [0.05, 0.1) is 18.4 Å². The van der Waals surface area contributed by atoms with Crippen LogP contribution in [0.4, 0.5) is 5.69 Å². The number of rotatable bonds is 4. The Morgan fingerprint density at radius 1 is 1.04 bits per heavy atom. The molecule has 0 aliphatic rings. The lowest BCUT2D eigenvalue weighted by atomic mass is 10.1. The van der Waals surface area contributed by atoms with Crippen molar-refractivity contribution in [3.63, 3.8) is 0 Å². The number of esters is 1. The summed E-state index contributed by atoms with van der Waals surface area (Å²) in [5, 5.41) is 12.4. The Morgan fingerprint density at radius 2 is 1.72 bits per heavy atom. The van der Waals surface area contributed by atoms with Crippen LogP contribution in [0, 0.1) is 0 Å². The standard InChI is InChI=1S/C19H21NO5/c1-19(2,3)25-18(23)16-13(9-7-11-15(16)24-4)20-17(22)12-8-5-6-10-14(12)21/h5-11,21H,1-4H3,(H,20,22). The molecule has 2 N–H and O–H groups in total. The van der Waals surface area contributed by atoms with E-state index < -0.39 is 17.5 Å². The number of anilines is 1. The highest BCUT2D eigenvalue weighted by atomic mass is 16.6. The molecular formula is C19H21NO5. The lowest BCUT2D eigenvalue weighted by Gasteiger charge is -2.21. The maximum absolute atomic E-state index is 12.5. The van der Waals surface area contributed by atoms with Gasteiger partial charge >= 0.3 is 5.97 Å². The van der Waals surface area contributed by atoms with Crippen LogP contribution in [-0.2, 0) is 4.74 Å². The van der Waals surface area contributed by atoms with Crippen LogP contribution in [0.25, 0.3) is 0 Å². The van der Waals surface area contributed by atoms with Gasteiger partial charge < -0.3 is 19.9 Å². The van der Waals surface area contributed by atoms with Crippen molar-refractivity contribution < 1.29 is 24.2 Å². The van der Waals surface area contributed by atoms with E-state index in [9.17, 15) is 14.7 Å². The molecule has 2 aromatic rings. The van der Waals surface area contributed by atoms with Gasteiger partial charge in [0.25, 0.3) is 5.91 Å². The monoisotopic (exact) mass is 343 g/mol. The first kappa shape index (κ1) is 18.3. The van der Waals surface area contributed by atoms with Gasteiger partial charge in [0, 0.05) is 0 Å². The zero-order chi connectivity index (χ0) is 18.6. The predicted molar refractivity (Wildman–Crippen MR) is 94.2 cm³/mol. The molecule has 0 aliphatic heterocycles. The molecule has 0 radical (unpaired) electrons. The molecule has 0 unspecified atom stereocenters. The maximum Gasteiger partial charge on any atom is 0.344 e. The Balaban J connectivity index is 2.39. The maximum atomic E-state index is 12.5. The van der Waals surface area contributed by atoms with Crippen LogP contribution in [0.15, 0.2) is 42.5 Å². The summed E-state index contributed by atoms with van der Waals surface area (Å²) in [7, 11) is 1.43. The molecule has 132 valence electrons. The van der Waals surface area contributed by atoms with Gasteiger partial charge in [-0.3, -0.25) is 4.79 Å². The van der Waals surface area contributed by atoms with Gasteiger partial charge in [-0.1, -0.05) is 18.2 Å². The van der Waals surface area contributed by atoms with E-state index in [2.05, 4.69) is 5.32 Å². The Labute approximate surface area is 146 Å². The van der Waals surface area contributed by atoms with Crippen molar-refractivity contribution in [2.24, 2.45) is 0 Å². The fraction of sp³-hybridized carbons (Fsp3) is 0.263. The number of hydrogen-bond donors (Lipinski definition) is 2. The Morgan fingerprint density at radius 3 is 2.32 bits per heavy atom. The van der Waals surface area contributed by atoms with E-state index in [0.29, 0.717) is 0 Å². The summed E-state index contributed by atoms with van der Waals surface area (Å²) in [5.74, 6) is -1.03. The third kappa shape index (κ3) is 4.50. The minimum absolute atomic E-state index is 0.0976. The van der Waals surface area contributed by atoms with Gasteiger partial charge in [0.15, 0.2) is 0 Å². The van der Waals surface area contributed by atoms with Gasteiger partial charge in [-0.25, -0.2) is 4.79 Å². The fourth-order valence-corrected chi connectivity index (χ4v) is 2.20. The van der Waals surface area contributed by atoms with E-state index >= 15 is 0 Å². The summed E-state index contributed by atoms with van der Waals surface area (Å²) >= 11 is 0. The number of para-hydroxylation sites is 1.